The van der Waals surface area contributed by atoms with Crippen LogP contribution in [-0.2, 0) is 4.74 Å². The van der Waals surface area contributed by atoms with Crippen molar-refractivity contribution in [3.8, 4) is 0 Å². The van der Waals surface area contributed by atoms with Gasteiger partial charge in [0.25, 0.3) is 0 Å². The molecule has 0 fully saturated rings. The van der Waals surface area contributed by atoms with Gasteiger partial charge in [0.15, 0.2) is 5.17 Å². The first-order valence-electron chi connectivity index (χ1n) is 4.92. The predicted molar refractivity (Wildman–Crippen MR) is 58.5 cm³/mol. The zero-order valence-electron chi connectivity index (χ0n) is 8.21. The minimum Gasteiger partial charge on any atom is -0.380 e. The maximum absolute atomic E-state index is 5.41. The van der Waals surface area contributed by atoms with Gasteiger partial charge in [0.05, 0.1) is 13.2 Å². The topological polar surface area (TPSA) is 33.6 Å². The highest BCUT2D eigenvalue weighted by molar-refractivity contribution is 8.14. The van der Waals surface area contributed by atoms with Crippen molar-refractivity contribution >= 4 is 16.9 Å². The summed E-state index contributed by atoms with van der Waals surface area (Å²) in [6.45, 7) is 5.70. The number of aliphatic imine (C=N–C) groups is 1. The van der Waals surface area contributed by atoms with E-state index in [0.29, 0.717) is 0 Å². The fourth-order valence-corrected chi connectivity index (χ4v) is 1.78. The van der Waals surface area contributed by atoms with Crippen molar-refractivity contribution < 1.29 is 4.74 Å². The molecule has 76 valence electrons. The van der Waals surface area contributed by atoms with E-state index in [1.807, 2.05) is 0 Å². The van der Waals surface area contributed by atoms with Crippen LogP contribution in [0.15, 0.2) is 4.99 Å². The number of thioether (sulfide) groups is 1. The summed E-state index contributed by atoms with van der Waals surface area (Å²) in [6.07, 6.45) is 2.37. The van der Waals surface area contributed by atoms with Crippen molar-refractivity contribution in [1.82, 2.24) is 5.32 Å². The molecule has 0 aliphatic carbocycles. The number of hydrogen-bond donors (Lipinski definition) is 1. The van der Waals surface area contributed by atoms with Crippen LogP contribution in [0, 0.1) is 0 Å². The van der Waals surface area contributed by atoms with E-state index in [1.54, 1.807) is 11.8 Å². The van der Waals surface area contributed by atoms with Crippen LogP contribution in [-0.4, -0.2) is 37.2 Å². The first-order valence-corrected chi connectivity index (χ1v) is 5.91. The number of hydrogen-bond acceptors (Lipinski definition) is 4. The molecule has 1 N–H and O–H groups in total. The van der Waals surface area contributed by atoms with Gasteiger partial charge in [-0.1, -0.05) is 25.1 Å². The molecule has 0 unspecified atom stereocenters. The molecule has 0 aromatic rings. The average molecular weight is 202 g/mol. The maximum atomic E-state index is 5.41. The second-order valence-corrected chi connectivity index (χ2v) is 4.01. The Hall–Kier alpha value is -0.220. The van der Waals surface area contributed by atoms with Crippen molar-refractivity contribution in [1.29, 1.82) is 0 Å². The third-order valence-electron chi connectivity index (χ3n) is 1.75. The summed E-state index contributed by atoms with van der Waals surface area (Å²) >= 11 is 1.79. The fourth-order valence-electron chi connectivity index (χ4n) is 1.02. The number of amidine groups is 1. The smallest absolute Gasteiger partial charge is 0.156 e. The van der Waals surface area contributed by atoms with E-state index in [2.05, 4.69) is 17.2 Å². The molecule has 0 aromatic heterocycles. The standard InChI is InChI=1S/C9H18N2OS/c1-2-3-6-12-7-4-10-9-11-5-8-13-9/h2-8H2,1H3,(H,10,11). The lowest BCUT2D eigenvalue weighted by molar-refractivity contribution is 0.136. The van der Waals surface area contributed by atoms with Gasteiger partial charge in [-0.25, -0.2) is 0 Å². The Balaban J connectivity index is 1.83. The lowest BCUT2D eigenvalue weighted by Gasteiger charge is -2.05. The van der Waals surface area contributed by atoms with Gasteiger partial charge in [-0.15, -0.1) is 0 Å². The van der Waals surface area contributed by atoms with Crippen molar-refractivity contribution in [2.75, 3.05) is 32.1 Å². The molecule has 0 atom stereocenters. The van der Waals surface area contributed by atoms with E-state index in [0.717, 1.165) is 43.6 Å². The quantitative estimate of drug-likeness (QED) is 0.663. The molecule has 1 aliphatic rings. The summed E-state index contributed by atoms with van der Waals surface area (Å²) in [7, 11) is 0. The normalized spacial score (nSPS) is 15.9. The highest BCUT2D eigenvalue weighted by Gasteiger charge is 2.04. The third-order valence-corrected chi connectivity index (χ3v) is 2.68. The van der Waals surface area contributed by atoms with Gasteiger partial charge in [-0.2, -0.15) is 0 Å². The Bertz CT molecular complexity index is 162. The molecule has 1 rings (SSSR count). The Morgan fingerprint density at radius 2 is 2.46 bits per heavy atom. The highest BCUT2D eigenvalue weighted by Crippen LogP contribution is 2.08. The Morgan fingerprint density at radius 1 is 1.54 bits per heavy atom. The van der Waals surface area contributed by atoms with E-state index in [4.69, 9.17) is 4.74 Å². The van der Waals surface area contributed by atoms with E-state index in [9.17, 15) is 0 Å². The summed E-state index contributed by atoms with van der Waals surface area (Å²) in [5, 5.41) is 4.33. The van der Waals surface area contributed by atoms with Gasteiger partial charge in [-0.05, 0) is 6.42 Å². The van der Waals surface area contributed by atoms with Gasteiger partial charge >= 0.3 is 0 Å². The van der Waals surface area contributed by atoms with Crippen LogP contribution in [0.1, 0.15) is 19.8 Å². The average Bonchev–Trinajstić information content (AvgIpc) is 2.63. The van der Waals surface area contributed by atoms with Crippen LogP contribution in [0.25, 0.3) is 0 Å². The van der Waals surface area contributed by atoms with Crippen LogP contribution >= 0.6 is 11.8 Å². The molecule has 0 saturated carbocycles. The van der Waals surface area contributed by atoms with Gasteiger partial charge in [-0.3, -0.25) is 4.99 Å². The van der Waals surface area contributed by atoms with Crippen molar-refractivity contribution in [2.45, 2.75) is 19.8 Å². The number of nitrogens with zero attached hydrogens (tertiary/aromatic N) is 1. The van der Waals surface area contributed by atoms with Crippen LogP contribution in [0.3, 0.4) is 0 Å². The largest absolute Gasteiger partial charge is 0.380 e. The lowest BCUT2D eigenvalue weighted by Crippen LogP contribution is -2.23. The van der Waals surface area contributed by atoms with Crippen LogP contribution in [0.5, 0.6) is 0 Å². The second-order valence-electron chi connectivity index (χ2n) is 2.93. The predicted octanol–water partition coefficient (Wildman–Crippen LogP) is 1.50. The minimum absolute atomic E-state index is 0.791. The lowest BCUT2D eigenvalue weighted by atomic mass is 10.4. The minimum atomic E-state index is 0.791. The summed E-state index contributed by atoms with van der Waals surface area (Å²) < 4.78 is 5.41. The van der Waals surface area contributed by atoms with Gasteiger partial charge in [0.2, 0.25) is 0 Å². The fraction of sp³-hybridized carbons (Fsp3) is 0.889. The molecular weight excluding hydrogens is 184 g/mol. The number of unbranched alkanes of at least 4 members (excludes halogenated alkanes) is 1. The van der Waals surface area contributed by atoms with E-state index in [-0.39, 0.29) is 0 Å². The molecule has 3 nitrogen and oxygen atoms in total. The molecular formula is C9H18N2OS. The van der Waals surface area contributed by atoms with Crippen molar-refractivity contribution in [3.63, 3.8) is 0 Å². The molecule has 0 saturated heterocycles. The molecule has 4 heteroatoms. The molecule has 0 radical (unpaired) electrons. The number of ether oxygens (including phenoxy) is 1. The number of nitrogens with one attached hydrogen (secondary N) is 1. The Morgan fingerprint density at radius 3 is 3.15 bits per heavy atom. The van der Waals surface area contributed by atoms with Gasteiger partial charge in [0.1, 0.15) is 0 Å². The number of rotatable bonds is 6. The SMILES string of the molecule is CCCCOCCNC1=NCCS1. The first-order chi connectivity index (χ1) is 6.43. The molecule has 0 spiro atoms. The van der Waals surface area contributed by atoms with E-state index >= 15 is 0 Å². The Labute approximate surface area is 84.3 Å². The van der Waals surface area contributed by atoms with E-state index < -0.39 is 0 Å². The molecule has 0 amide bonds. The molecule has 0 aromatic carbocycles. The van der Waals surface area contributed by atoms with E-state index in [1.165, 1.54) is 6.42 Å². The molecule has 1 heterocycles. The maximum Gasteiger partial charge on any atom is 0.156 e. The summed E-state index contributed by atoms with van der Waals surface area (Å²) in [6, 6.07) is 0. The summed E-state index contributed by atoms with van der Waals surface area (Å²) in [5.74, 6) is 1.12. The second kappa shape index (κ2) is 7.21. The highest BCUT2D eigenvalue weighted by atomic mass is 32.2. The summed E-state index contributed by atoms with van der Waals surface area (Å²) in [4.78, 5) is 4.28. The third kappa shape index (κ3) is 5.16. The first kappa shape index (κ1) is 10.9. The molecule has 1 aliphatic heterocycles. The van der Waals surface area contributed by atoms with Crippen LogP contribution in [0.4, 0.5) is 0 Å². The monoisotopic (exact) mass is 202 g/mol. The van der Waals surface area contributed by atoms with Crippen molar-refractivity contribution in [2.24, 2.45) is 4.99 Å². The zero-order valence-corrected chi connectivity index (χ0v) is 9.03. The van der Waals surface area contributed by atoms with Crippen molar-refractivity contribution in [3.05, 3.63) is 0 Å². The molecule has 13 heavy (non-hydrogen) atoms. The Kier molecular flexibility index (Phi) is 6.02. The van der Waals surface area contributed by atoms with Gasteiger partial charge in [0, 0.05) is 18.9 Å². The van der Waals surface area contributed by atoms with Gasteiger partial charge < -0.3 is 10.1 Å². The zero-order chi connectivity index (χ0) is 9.36. The van der Waals surface area contributed by atoms with Crippen LogP contribution in [0.2, 0.25) is 0 Å². The molecule has 0 bridgehead atoms. The summed E-state index contributed by atoms with van der Waals surface area (Å²) in [5.41, 5.74) is 0. The van der Waals surface area contributed by atoms with Crippen LogP contribution < -0.4 is 5.32 Å².